The summed E-state index contributed by atoms with van der Waals surface area (Å²) in [6, 6.07) is 25.0. The lowest BCUT2D eigenvalue weighted by atomic mass is 9.95. The van der Waals surface area contributed by atoms with E-state index in [1.165, 1.54) is 7.11 Å². The van der Waals surface area contributed by atoms with E-state index in [0.717, 1.165) is 16.7 Å². The van der Waals surface area contributed by atoms with Crippen LogP contribution < -0.4 is 4.74 Å². The molecule has 172 valence electrons. The van der Waals surface area contributed by atoms with Gasteiger partial charge in [0, 0.05) is 11.8 Å². The third-order valence-corrected chi connectivity index (χ3v) is 5.26. The Hall–Kier alpha value is -4.32. The molecular formula is C28H26N2O4. The second-order valence-electron chi connectivity index (χ2n) is 7.40. The normalized spacial score (nSPS) is 14.3. The second kappa shape index (κ2) is 10.5. The fraction of sp³-hybridized carbons (Fsp3) is 0.143. The van der Waals surface area contributed by atoms with Crippen LogP contribution in [0.25, 0.3) is 11.5 Å². The minimum absolute atomic E-state index is 0.203. The molecule has 0 fully saturated rings. The van der Waals surface area contributed by atoms with E-state index in [2.05, 4.69) is 5.10 Å². The number of fused-ring (bicyclic) bond motifs is 1. The molecule has 1 aliphatic heterocycles. The zero-order valence-electron chi connectivity index (χ0n) is 19.4. The minimum Gasteiger partial charge on any atom is -0.486 e. The standard InChI is InChI=1S/C28H26N2O4/c1-4-23-25-22(17-12-18-24(25)34-21-15-10-7-11-16-21)27(33-19-20-13-8-6-9-14-20)26(28(31)32-3)30(23)29-5-2/h4-18H,19H2,1-3H3/b23-4+,29-5-. The summed E-state index contributed by atoms with van der Waals surface area (Å²) in [6.45, 7) is 3.95. The lowest BCUT2D eigenvalue weighted by Gasteiger charge is -2.32. The van der Waals surface area contributed by atoms with E-state index in [9.17, 15) is 4.79 Å². The zero-order chi connectivity index (χ0) is 23.9. The number of hydrazone groups is 1. The van der Waals surface area contributed by atoms with Crippen molar-refractivity contribution in [1.82, 2.24) is 5.01 Å². The number of rotatable bonds is 7. The average Bonchev–Trinajstić information content (AvgIpc) is 2.88. The van der Waals surface area contributed by atoms with Crippen molar-refractivity contribution in [2.24, 2.45) is 5.10 Å². The molecule has 0 aromatic heterocycles. The molecule has 1 aliphatic rings. The minimum atomic E-state index is -0.548. The number of esters is 1. The lowest BCUT2D eigenvalue weighted by molar-refractivity contribution is -0.137. The molecule has 3 aromatic rings. The maximum absolute atomic E-state index is 13.0. The van der Waals surface area contributed by atoms with Gasteiger partial charge in [0.05, 0.1) is 18.4 Å². The van der Waals surface area contributed by atoms with Crippen molar-refractivity contribution < 1.29 is 19.0 Å². The molecule has 0 saturated heterocycles. The molecule has 1 heterocycles. The molecule has 3 aromatic carbocycles. The van der Waals surface area contributed by atoms with Crippen LogP contribution in [0.3, 0.4) is 0 Å². The van der Waals surface area contributed by atoms with E-state index in [4.69, 9.17) is 14.2 Å². The summed E-state index contributed by atoms with van der Waals surface area (Å²) in [5, 5.41) is 6.03. The Labute approximate surface area is 199 Å². The molecule has 4 rings (SSSR count). The van der Waals surface area contributed by atoms with Crippen molar-refractivity contribution in [3.05, 3.63) is 107 Å². The van der Waals surface area contributed by atoms with Crippen molar-refractivity contribution in [1.29, 1.82) is 0 Å². The number of para-hydroxylation sites is 1. The average molecular weight is 455 g/mol. The van der Waals surface area contributed by atoms with Crippen LogP contribution in [-0.2, 0) is 20.9 Å². The van der Waals surface area contributed by atoms with E-state index < -0.39 is 5.97 Å². The Balaban J connectivity index is 1.90. The Morgan fingerprint density at radius 3 is 2.29 bits per heavy atom. The SMILES string of the molecule is C/C=N\N1C(C(=O)OC)=C(OCc2ccccc2)c2cccc(Oc3ccccc3)c2/C1=C\C. The first-order valence-corrected chi connectivity index (χ1v) is 11.0. The smallest absolute Gasteiger partial charge is 0.360 e. The summed E-state index contributed by atoms with van der Waals surface area (Å²) >= 11 is 0. The van der Waals surface area contributed by atoms with Crippen LogP contribution in [0.4, 0.5) is 0 Å². The molecule has 0 N–H and O–H groups in total. The Kier molecular flexibility index (Phi) is 7.08. The maximum Gasteiger partial charge on any atom is 0.360 e. The number of carbonyl (C=O) groups excluding carboxylic acids is 1. The van der Waals surface area contributed by atoms with Gasteiger partial charge in [-0.05, 0) is 37.6 Å². The maximum atomic E-state index is 13.0. The number of ether oxygens (including phenoxy) is 3. The number of nitrogens with zero attached hydrogens (tertiary/aromatic N) is 2. The van der Waals surface area contributed by atoms with E-state index in [-0.39, 0.29) is 12.3 Å². The van der Waals surface area contributed by atoms with Gasteiger partial charge in [0.15, 0.2) is 11.5 Å². The quantitative estimate of drug-likeness (QED) is 0.313. The second-order valence-corrected chi connectivity index (χ2v) is 7.40. The topological polar surface area (TPSA) is 60.4 Å². The molecule has 0 unspecified atom stereocenters. The van der Waals surface area contributed by atoms with Gasteiger partial charge in [0.25, 0.3) is 0 Å². The summed E-state index contributed by atoms with van der Waals surface area (Å²) < 4.78 is 17.7. The first-order valence-electron chi connectivity index (χ1n) is 11.0. The molecule has 0 radical (unpaired) electrons. The van der Waals surface area contributed by atoms with Gasteiger partial charge < -0.3 is 14.2 Å². The fourth-order valence-electron chi connectivity index (χ4n) is 3.79. The third kappa shape index (κ3) is 4.57. The fourth-order valence-corrected chi connectivity index (χ4v) is 3.79. The third-order valence-electron chi connectivity index (χ3n) is 5.26. The van der Waals surface area contributed by atoms with Crippen molar-refractivity contribution in [3.8, 4) is 11.5 Å². The van der Waals surface area contributed by atoms with Gasteiger partial charge in [-0.1, -0.05) is 66.7 Å². The summed E-state index contributed by atoms with van der Waals surface area (Å²) in [4.78, 5) is 13.0. The van der Waals surface area contributed by atoms with Gasteiger partial charge in [0.1, 0.15) is 18.1 Å². The summed E-state index contributed by atoms with van der Waals surface area (Å²) in [7, 11) is 1.35. The molecule has 0 bridgehead atoms. The molecule has 0 spiro atoms. The molecule has 6 heteroatoms. The van der Waals surface area contributed by atoms with Crippen LogP contribution in [-0.4, -0.2) is 24.3 Å². The molecule has 6 nitrogen and oxygen atoms in total. The van der Waals surface area contributed by atoms with Gasteiger partial charge in [-0.2, -0.15) is 5.10 Å². The summed E-state index contributed by atoms with van der Waals surface area (Å²) in [5.41, 5.74) is 3.36. The monoisotopic (exact) mass is 454 g/mol. The van der Waals surface area contributed by atoms with Gasteiger partial charge in [-0.3, -0.25) is 0 Å². The van der Waals surface area contributed by atoms with Crippen LogP contribution in [0.5, 0.6) is 11.5 Å². The number of methoxy groups -OCH3 is 1. The highest BCUT2D eigenvalue weighted by atomic mass is 16.5. The van der Waals surface area contributed by atoms with Crippen LogP contribution in [0, 0.1) is 0 Å². The van der Waals surface area contributed by atoms with Crippen molar-refractivity contribution >= 4 is 23.6 Å². The summed E-state index contributed by atoms with van der Waals surface area (Å²) in [5.74, 6) is 1.15. The molecule has 34 heavy (non-hydrogen) atoms. The van der Waals surface area contributed by atoms with Gasteiger partial charge >= 0.3 is 5.97 Å². The molecule has 0 amide bonds. The number of benzene rings is 3. The van der Waals surface area contributed by atoms with Crippen LogP contribution >= 0.6 is 0 Å². The number of carbonyl (C=O) groups is 1. The molecular weight excluding hydrogens is 428 g/mol. The van der Waals surface area contributed by atoms with E-state index in [1.54, 1.807) is 18.1 Å². The Bertz CT molecular complexity index is 1250. The number of hydrogen-bond acceptors (Lipinski definition) is 6. The predicted octanol–water partition coefficient (Wildman–Crippen LogP) is 6.22. The van der Waals surface area contributed by atoms with Crippen LogP contribution in [0.1, 0.15) is 30.5 Å². The van der Waals surface area contributed by atoms with Gasteiger partial charge in [0.2, 0.25) is 0 Å². The van der Waals surface area contributed by atoms with Crippen LogP contribution in [0.15, 0.2) is 95.7 Å². The lowest BCUT2D eigenvalue weighted by Crippen LogP contribution is -2.29. The van der Waals surface area contributed by atoms with Crippen molar-refractivity contribution in [2.45, 2.75) is 20.5 Å². The highest BCUT2D eigenvalue weighted by Crippen LogP contribution is 2.45. The molecule has 0 atom stereocenters. The van der Waals surface area contributed by atoms with E-state index in [0.29, 0.717) is 23.0 Å². The number of allylic oxidation sites excluding steroid dienone is 1. The van der Waals surface area contributed by atoms with Crippen molar-refractivity contribution in [3.63, 3.8) is 0 Å². The zero-order valence-corrected chi connectivity index (χ0v) is 19.4. The molecule has 0 aliphatic carbocycles. The first-order chi connectivity index (χ1) is 16.7. The highest BCUT2D eigenvalue weighted by Gasteiger charge is 2.37. The Morgan fingerprint density at radius 2 is 1.65 bits per heavy atom. The van der Waals surface area contributed by atoms with Gasteiger partial charge in [-0.15, -0.1) is 0 Å². The largest absolute Gasteiger partial charge is 0.486 e. The van der Waals surface area contributed by atoms with Crippen LogP contribution in [0.2, 0.25) is 0 Å². The van der Waals surface area contributed by atoms with Gasteiger partial charge in [-0.25, -0.2) is 9.80 Å². The predicted molar refractivity (Wildman–Crippen MR) is 133 cm³/mol. The van der Waals surface area contributed by atoms with E-state index >= 15 is 0 Å². The van der Waals surface area contributed by atoms with Crippen molar-refractivity contribution in [2.75, 3.05) is 7.11 Å². The highest BCUT2D eigenvalue weighted by molar-refractivity contribution is 6.02. The van der Waals surface area contributed by atoms with E-state index in [1.807, 2.05) is 91.9 Å². The number of hydrogen-bond donors (Lipinski definition) is 0. The molecule has 0 saturated carbocycles. The summed E-state index contributed by atoms with van der Waals surface area (Å²) in [6.07, 6.45) is 3.51. The first kappa shape index (κ1) is 22.9. The Morgan fingerprint density at radius 1 is 0.941 bits per heavy atom.